The van der Waals surface area contributed by atoms with Crippen molar-refractivity contribution in [2.45, 2.75) is 12.5 Å². The van der Waals surface area contributed by atoms with Crippen LogP contribution in [0.1, 0.15) is 16.8 Å². The summed E-state index contributed by atoms with van der Waals surface area (Å²) in [6.07, 6.45) is 4.58. The van der Waals surface area contributed by atoms with Gasteiger partial charge in [0, 0.05) is 18.6 Å². The topological polar surface area (TPSA) is 49.3 Å². The molecule has 1 aliphatic rings. The maximum Gasteiger partial charge on any atom is 0.253 e. The van der Waals surface area contributed by atoms with Crippen LogP contribution < -0.4 is 5.32 Å². The molecular weight excluding hydrogens is 310 g/mol. The summed E-state index contributed by atoms with van der Waals surface area (Å²) in [4.78, 5) is 12.5. The molecule has 3 rings (SSSR count). The molecule has 0 aliphatic heterocycles. The summed E-state index contributed by atoms with van der Waals surface area (Å²) in [5, 5.41) is 12.5. The van der Waals surface area contributed by atoms with E-state index in [-0.39, 0.29) is 24.5 Å². The normalized spacial score (nSPS) is 19.7. The van der Waals surface area contributed by atoms with Crippen LogP contribution in [0.5, 0.6) is 0 Å². The van der Waals surface area contributed by atoms with Gasteiger partial charge in [0.25, 0.3) is 5.91 Å². The molecule has 0 unspecified atom stereocenters. The molecule has 0 saturated carbocycles. The summed E-state index contributed by atoms with van der Waals surface area (Å²) in [6.45, 7) is 0.104. The van der Waals surface area contributed by atoms with Gasteiger partial charge in [-0.25, -0.2) is 0 Å². The average molecular weight is 328 g/mol. The van der Waals surface area contributed by atoms with Crippen LogP contribution in [-0.2, 0) is 0 Å². The fourth-order valence-corrected chi connectivity index (χ4v) is 2.98. The first kappa shape index (κ1) is 15.8. The molecule has 2 aromatic rings. The lowest BCUT2D eigenvalue weighted by Gasteiger charge is -2.14. The van der Waals surface area contributed by atoms with Crippen molar-refractivity contribution in [2.75, 3.05) is 6.61 Å². The van der Waals surface area contributed by atoms with Gasteiger partial charge in [0.05, 0.1) is 10.6 Å². The van der Waals surface area contributed by atoms with Gasteiger partial charge in [0.2, 0.25) is 0 Å². The van der Waals surface area contributed by atoms with Crippen molar-refractivity contribution >= 4 is 17.5 Å². The van der Waals surface area contributed by atoms with E-state index in [1.165, 1.54) is 0 Å². The predicted octanol–water partition coefficient (Wildman–Crippen LogP) is 3.67. The Labute approximate surface area is 140 Å². The van der Waals surface area contributed by atoms with Gasteiger partial charge in [-0.15, -0.1) is 0 Å². The molecular formula is C19H18ClNO2. The average Bonchev–Trinajstić information content (AvgIpc) is 3.03. The Hall–Kier alpha value is -2.10. The van der Waals surface area contributed by atoms with E-state index in [4.69, 9.17) is 16.7 Å². The minimum atomic E-state index is -0.193. The number of halogens is 1. The largest absolute Gasteiger partial charge is 0.396 e. The number of benzene rings is 2. The van der Waals surface area contributed by atoms with E-state index in [1.807, 2.05) is 54.6 Å². The quantitative estimate of drug-likeness (QED) is 0.842. The molecule has 3 nitrogen and oxygen atoms in total. The first-order valence-corrected chi connectivity index (χ1v) is 8.00. The van der Waals surface area contributed by atoms with E-state index < -0.39 is 0 Å². The second-order valence-corrected chi connectivity index (χ2v) is 6.11. The first-order valence-electron chi connectivity index (χ1n) is 7.62. The van der Waals surface area contributed by atoms with Crippen molar-refractivity contribution in [1.29, 1.82) is 0 Å². The molecule has 2 aromatic carbocycles. The van der Waals surface area contributed by atoms with Crippen LogP contribution in [0.15, 0.2) is 60.7 Å². The SMILES string of the molecule is O=C(N[C@@H]1C=C[C@H](CO)C1)c1cc(-c2ccccc2)ccc1Cl. The van der Waals surface area contributed by atoms with E-state index in [1.54, 1.807) is 6.07 Å². The summed E-state index contributed by atoms with van der Waals surface area (Å²) in [7, 11) is 0. The second kappa shape index (κ2) is 6.99. The monoisotopic (exact) mass is 327 g/mol. The standard InChI is InChI=1S/C19H18ClNO2/c20-18-9-7-15(14-4-2-1-3-5-14)11-17(18)19(23)21-16-8-6-13(10-16)12-22/h1-9,11,13,16,22H,10,12H2,(H,21,23)/t13-,16+/m0/s1. The van der Waals surface area contributed by atoms with Gasteiger partial charge in [-0.05, 0) is 29.7 Å². The third-order valence-electron chi connectivity index (χ3n) is 4.04. The van der Waals surface area contributed by atoms with Crippen molar-refractivity contribution in [3.63, 3.8) is 0 Å². The number of amides is 1. The Bertz CT molecular complexity index is 727. The van der Waals surface area contributed by atoms with Gasteiger partial charge in [0.15, 0.2) is 0 Å². The van der Waals surface area contributed by atoms with Gasteiger partial charge < -0.3 is 10.4 Å². The molecule has 2 atom stereocenters. The van der Waals surface area contributed by atoms with Crippen molar-refractivity contribution < 1.29 is 9.90 Å². The molecule has 118 valence electrons. The zero-order valence-corrected chi connectivity index (χ0v) is 13.3. The zero-order chi connectivity index (χ0) is 16.2. The number of aliphatic hydroxyl groups is 1. The Morgan fingerprint density at radius 3 is 2.61 bits per heavy atom. The molecule has 4 heteroatoms. The van der Waals surface area contributed by atoms with Gasteiger partial charge in [0.1, 0.15) is 0 Å². The Balaban J connectivity index is 1.79. The number of nitrogens with one attached hydrogen (secondary N) is 1. The molecule has 0 aromatic heterocycles. The van der Waals surface area contributed by atoms with Gasteiger partial charge in [-0.3, -0.25) is 4.79 Å². The van der Waals surface area contributed by atoms with Crippen LogP contribution in [0, 0.1) is 5.92 Å². The second-order valence-electron chi connectivity index (χ2n) is 5.70. The van der Waals surface area contributed by atoms with Crippen molar-refractivity contribution in [2.24, 2.45) is 5.92 Å². The van der Waals surface area contributed by atoms with Crippen LogP contribution in [0.2, 0.25) is 5.02 Å². The fourth-order valence-electron chi connectivity index (χ4n) is 2.77. The number of rotatable bonds is 4. The van der Waals surface area contributed by atoms with Crippen LogP contribution in [0.3, 0.4) is 0 Å². The van der Waals surface area contributed by atoms with E-state index >= 15 is 0 Å². The van der Waals surface area contributed by atoms with Gasteiger partial charge in [-0.2, -0.15) is 0 Å². The zero-order valence-electron chi connectivity index (χ0n) is 12.6. The summed E-state index contributed by atoms with van der Waals surface area (Å²) >= 11 is 6.20. The maximum absolute atomic E-state index is 12.5. The number of carbonyl (C=O) groups is 1. The minimum Gasteiger partial charge on any atom is -0.396 e. The van der Waals surface area contributed by atoms with Crippen molar-refractivity contribution in [3.8, 4) is 11.1 Å². The highest BCUT2D eigenvalue weighted by atomic mass is 35.5. The highest BCUT2D eigenvalue weighted by molar-refractivity contribution is 6.34. The Morgan fingerprint density at radius 1 is 1.13 bits per heavy atom. The number of hydrogen-bond donors (Lipinski definition) is 2. The molecule has 2 N–H and O–H groups in total. The third-order valence-corrected chi connectivity index (χ3v) is 4.37. The van der Waals surface area contributed by atoms with Crippen molar-refractivity contribution in [3.05, 3.63) is 71.3 Å². The summed E-state index contributed by atoms with van der Waals surface area (Å²) in [6, 6.07) is 15.3. The highest BCUT2D eigenvalue weighted by Gasteiger charge is 2.21. The molecule has 0 fully saturated rings. The predicted molar refractivity (Wildman–Crippen MR) is 92.5 cm³/mol. The third kappa shape index (κ3) is 3.63. The highest BCUT2D eigenvalue weighted by Crippen LogP contribution is 2.26. The van der Waals surface area contributed by atoms with Crippen LogP contribution in [0.4, 0.5) is 0 Å². The van der Waals surface area contributed by atoms with Crippen LogP contribution >= 0.6 is 11.6 Å². The molecule has 0 radical (unpaired) electrons. The molecule has 1 aliphatic carbocycles. The maximum atomic E-state index is 12.5. The summed E-state index contributed by atoms with van der Waals surface area (Å²) in [5.74, 6) is -0.0764. The fraction of sp³-hybridized carbons (Fsp3) is 0.211. The Morgan fingerprint density at radius 2 is 1.91 bits per heavy atom. The number of carbonyl (C=O) groups excluding carboxylic acids is 1. The molecule has 0 heterocycles. The van der Waals surface area contributed by atoms with E-state index in [0.29, 0.717) is 10.6 Å². The van der Waals surface area contributed by atoms with E-state index in [9.17, 15) is 4.79 Å². The Kier molecular flexibility index (Phi) is 4.79. The molecule has 0 bridgehead atoms. The lowest BCUT2D eigenvalue weighted by atomic mass is 10.0. The lowest BCUT2D eigenvalue weighted by molar-refractivity contribution is 0.0941. The number of aliphatic hydroxyl groups excluding tert-OH is 1. The van der Waals surface area contributed by atoms with E-state index in [2.05, 4.69) is 5.32 Å². The van der Waals surface area contributed by atoms with Crippen molar-refractivity contribution in [1.82, 2.24) is 5.32 Å². The smallest absolute Gasteiger partial charge is 0.253 e. The molecule has 0 spiro atoms. The molecule has 23 heavy (non-hydrogen) atoms. The minimum absolute atomic E-state index is 0.0592. The molecule has 0 saturated heterocycles. The van der Waals surface area contributed by atoms with Gasteiger partial charge in [-0.1, -0.05) is 60.2 Å². The number of hydrogen-bond acceptors (Lipinski definition) is 2. The molecule has 1 amide bonds. The van der Waals surface area contributed by atoms with Gasteiger partial charge >= 0.3 is 0 Å². The first-order chi connectivity index (χ1) is 11.2. The summed E-state index contributed by atoms with van der Waals surface area (Å²) in [5.41, 5.74) is 2.46. The van der Waals surface area contributed by atoms with E-state index in [0.717, 1.165) is 17.5 Å². The van der Waals surface area contributed by atoms with Crippen LogP contribution in [-0.4, -0.2) is 23.7 Å². The summed E-state index contributed by atoms with van der Waals surface area (Å²) < 4.78 is 0. The lowest BCUT2D eigenvalue weighted by Crippen LogP contribution is -2.33. The van der Waals surface area contributed by atoms with Crippen LogP contribution in [0.25, 0.3) is 11.1 Å².